The van der Waals surface area contributed by atoms with E-state index in [1.165, 1.54) is 13.0 Å². The second-order valence-corrected chi connectivity index (χ2v) is 3.02. The zero-order valence-corrected chi connectivity index (χ0v) is 9.12. The molecule has 0 aromatic heterocycles. The molecule has 0 heterocycles. The number of amides is 1. The summed E-state index contributed by atoms with van der Waals surface area (Å²) in [7, 11) is 0. The SMILES string of the molecule is C=CC#CCOc1ccc(NC(C)=O)cc1. The van der Waals surface area contributed by atoms with Crippen molar-refractivity contribution >= 4 is 11.6 Å². The van der Waals surface area contributed by atoms with E-state index in [2.05, 4.69) is 23.7 Å². The van der Waals surface area contributed by atoms with E-state index in [1.807, 2.05) is 0 Å². The lowest BCUT2D eigenvalue weighted by atomic mass is 10.3. The smallest absolute Gasteiger partial charge is 0.221 e. The lowest BCUT2D eigenvalue weighted by molar-refractivity contribution is -0.114. The quantitative estimate of drug-likeness (QED) is 0.785. The predicted octanol–water partition coefficient (Wildman–Crippen LogP) is 2.21. The molecule has 3 nitrogen and oxygen atoms in total. The van der Waals surface area contributed by atoms with Gasteiger partial charge in [-0.3, -0.25) is 4.79 Å². The Balaban J connectivity index is 2.51. The summed E-state index contributed by atoms with van der Waals surface area (Å²) in [6, 6.07) is 7.11. The first-order valence-corrected chi connectivity index (χ1v) is 4.82. The molecule has 0 unspecified atom stereocenters. The number of ether oxygens (including phenoxy) is 1. The molecule has 0 aliphatic rings. The number of hydrogen-bond donors (Lipinski definition) is 1. The van der Waals surface area contributed by atoms with E-state index >= 15 is 0 Å². The molecule has 16 heavy (non-hydrogen) atoms. The molecule has 0 fully saturated rings. The molecule has 0 spiro atoms. The molecule has 1 N–H and O–H groups in total. The Morgan fingerprint density at radius 2 is 2.19 bits per heavy atom. The molecular weight excluding hydrogens is 202 g/mol. The Kier molecular flexibility index (Phi) is 4.68. The van der Waals surface area contributed by atoms with Crippen molar-refractivity contribution in [2.24, 2.45) is 0 Å². The van der Waals surface area contributed by atoms with Gasteiger partial charge >= 0.3 is 0 Å². The van der Waals surface area contributed by atoms with Crippen molar-refractivity contribution in [2.45, 2.75) is 6.92 Å². The molecule has 1 amide bonds. The maximum absolute atomic E-state index is 10.8. The van der Waals surface area contributed by atoms with Gasteiger partial charge in [0, 0.05) is 12.6 Å². The van der Waals surface area contributed by atoms with Crippen molar-refractivity contribution in [2.75, 3.05) is 11.9 Å². The van der Waals surface area contributed by atoms with Gasteiger partial charge in [0.2, 0.25) is 5.91 Å². The predicted molar refractivity (Wildman–Crippen MR) is 64.2 cm³/mol. The largest absolute Gasteiger partial charge is 0.481 e. The van der Waals surface area contributed by atoms with Crippen molar-refractivity contribution in [3.05, 3.63) is 36.9 Å². The van der Waals surface area contributed by atoms with E-state index in [9.17, 15) is 4.79 Å². The molecule has 0 aliphatic carbocycles. The molecule has 3 heteroatoms. The van der Waals surface area contributed by atoms with Gasteiger partial charge in [-0.15, -0.1) is 0 Å². The molecule has 0 saturated carbocycles. The molecule has 0 aliphatic heterocycles. The minimum absolute atomic E-state index is 0.0921. The molecule has 82 valence electrons. The maximum atomic E-state index is 10.8. The van der Waals surface area contributed by atoms with E-state index in [4.69, 9.17) is 4.74 Å². The maximum Gasteiger partial charge on any atom is 0.221 e. The molecule has 1 rings (SSSR count). The highest BCUT2D eigenvalue weighted by molar-refractivity contribution is 5.88. The van der Waals surface area contributed by atoms with Gasteiger partial charge in [0.05, 0.1) is 0 Å². The number of nitrogens with one attached hydrogen (secondary N) is 1. The topological polar surface area (TPSA) is 38.3 Å². The molecule has 1 aromatic rings. The van der Waals surface area contributed by atoms with Crippen LogP contribution >= 0.6 is 0 Å². The van der Waals surface area contributed by atoms with E-state index in [-0.39, 0.29) is 5.91 Å². The minimum atomic E-state index is -0.0921. The van der Waals surface area contributed by atoms with Gasteiger partial charge in [-0.2, -0.15) is 0 Å². The van der Waals surface area contributed by atoms with Crippen molar-refractivity contribution in [1.29, 1.82) is 0 Å². The van der Waals surface area contributed by atoms with E-state index in [0.29, 0.717) is 12.4 Å². The van der Waals surface area contributed by atoms with Crippen LogP contribution in [0, 0.1) is 11.8 Å². The van der Waals surface area contributed by atoms with Crippen LogP contribution in [0.5, 0.6) is 5.75 Å². The molecular formula is C13H13NO2. The monoisotopic (exact) mass is 215 g/mol. The number of hydrogen-bond acceptors (Lipinski definition) is 2. The molecule has 1 aromatic carbocycles. The normalized spacial score (nSPS) is 8.56. The summed E-state index contributed by atoms with van der Waals surface area (Å²) in [6.07, 6.45) is 1.52. The first kappa shape index (κ1) is 11.9. The van der Waals surface area contributed by atoms with Gasteiger partial charge in [-0.1, -0.05) is 18.4 Å². The Labute approximate surface area is 95.1 Å². The lowest BCUT2D eigenvalue weighted by Crippen LogP contribution is -2.05. The fourth-order valence-corrected chi connectivity index (χ4v) is 1.07. The first-order chi connectivity index (χ1) is 7.72. The standard InChI is InChI=1S/C13H13NO2/c1-3-4-5-10-16-13-8-6-12(7-9-13)14-11(2)15/h3,6-9H,1,10H2,2H3,(H,14,15). The van der Waals surface area contributed by atoms with Crippen LogP contribution in [0.4, 0.5) is 5.69 Å². The van der Waals surface area contributed by atoms with Crippen molar-refractivity contribution in [1.82, 2.24) is 0 Å². The van der Waals surface area contributed by atoms with E-state index < -0.39 is 0 Å². The Bertz CT molecular complexity index is 423. The summed E-state index contributed by atoms with van der Waals surface area (Å²) in [5, 5.41) is 2.67. The minimum Gasteiger partial charge on any atom is -0.481 e. The molecule has 0 atom stereocenters. The highest BCUT2D eigenvalue weighted by atomic mass is 16.5. The third kappa shape index (κ3) is 4.34. The van der Waals surface area contributed by atoms with Gasteiger partial charge in [-0.05, 0) is 30.3 Å². The highest BCUT2D eigenvalue weighted by Gasteiger charge is 1.95. The molecule has 0 radical (unpaired) electrons. The van der Waals surface area contributed by atoms with Crippen LogP contribution in [-0.2, 0) is 4.79 Å². The summed E-state index contributed by atoms with van der Waals surface area (Å²) in [5.74, 6) is 6.08. The van der Waals surface area contributed by atoms with Crippen molar-refractivity contribution < 1.29 is 9.53 Å². The van der Waals surface area contributed by atoms with Crippen LogP contribution in [0.3, 0.4) is 0 Å². The number of allylic oxidation sites excluding steroid dienone is 1. The third-order valence-electron chi connectivity index (χ3n) is 1.69. The second-order valence-electron chi connectivity index (χ2n) is 3.02. The number of carbonyl (C=O) groups excluding carboxylic acids is 1. The van der Waals surface area contributed by atoms with Crippen LogP contribution in [0.1, 0.15) is 6.92 Å². The van der Waals surface area contributed by atoms with Crippen molar-refractivity contribution in [3.63, 3.8) is 0 Å². The van der Waals surface area contributed by atoms with Crippen molar-refractivity contribution in [3.8, 4) is 17.6 Å². The van der Waals surface area contributed by atoms with Crippen LogP contribution in [0.2, 0.25) is 0 Å². The number of rotatable bonds is 3. The fourth-order valence-electron chi connectivity index (χ4n) is 1.07. The number of anilines is 1. The third-order valence-corrected chi connectivity index (χ3v) is 1.69. The Hall–Kier alpha value is -2.21. The summed E-state index contributed by atoms with van der Waals surface area (Å²) >= 11 is 0. The fraction of sp³-hybridized carbons (Fsp3) is 0.154. The van der Waals surface area contributed by atoms with Crippen LogP contribution < -0.4 is 10.1 Å². The lowest BCUT2D eigenvalue weighted by Gasteiger charge is -2.04. The summed E-state index contributed by atoms with van der Waals surface area (Å²) in [6.45, 7) is 5.27. The molecule has 0 bridgehead atoms. The highest BCUT2D eigenvalue weighted by Crippen LogP contribution is 2.15. The van der Waals surface area contributed by atoms with Gasteiger partial charge in [-0.25, -0.2) is 0 Å². The van der Waals surface area contributed by atoms with E-state index in [0.717, 1.165) is 5.69 Å². The van der Waals surface area contributed by atoms with E-state index in [1.54, 1.807) is 24.3 Å². The van der Waals surface area contributed by atoms with Crippen LogP contribution in [0.15, 0.2) is 36.9 Å². The van der Waals surface area contributed by atoms with Crippen LogP contribution in [-0.4, -0.2) is 12.5 Å². The zero-order valence-electron chi connectivity index (χ0n) is 9.12. The Morgan fingerprint density at radius 3 is 2.75 bits per heavy atom. The molecule has 0 saturated heterocycles. The van der Waals surface area contributed by atoms with Gasteiger partial charge in [0.1, 0.15) is 12.4 Å². The number of carbonyl (C=O) groups is 1. The van der Waals surface area contributed by atoms with Gasteiger partial charge in [0.15, 0.2) is 0 Å². The first-order valence-electron chi connectivity index (χ1n) is 4.82. The zero-order chi connectivity index (χ0) is 11.8. The summed E-state index contributed by atoms with van der Waals surface area (Å²) in [5.41, 5.74) is 0.747. The number of benzene rings is 1. The summed E-state index contributed by atoms with van der Waals surface area (Å²) < 4.78 is 5.33. The Morgan fingerprint density at radius 1 is 1.50 bits per heavy atom. The van der Waals surface area contributed by atoms with Gasteiger partial charge < -0.3 is 10.1 Å². The average Bonchev–Trinajstić information content (AvgIpc) is 2.26. The average molecular weight is 215 g/mol. The van der Waals surface area contributed by atoms with Gasteiger partial charge in [0.25, 0.3) is 0 Å². The van der Waals surface area contributed by atoms with Crippen LogP contribution in [0.25, 0.3) is 0 Å². The summed E-state index contributed by atoms with van der Waals surface area (Å²) in [4.78, 5) is 10.8. The second kappa shape index (κ2) is 6.31.